The lowest BCUT2D eigenvalue weighted by atomic mass is 10.1. The summed E-state index contributed by atoms with van der Waals surface area (Å²) in [5.41, 5.74) is 7.56. The minimum absolute atomic E-state index is 0.00412. The number of nitrogen functional groups attached to an aromatic ring is 1. The van der Waals surface area contributed by atoms with Crippen LogP contribution in [-0.4, -0.2) is 32.0 Å². The molecule has 0 radical (unpaired) electrons. The molecule has 0 atom stereocenters. The van der Waals surface area contributed by atoms with Crippen LogP contribution in [0.3, 0.4) is 0 Å². The molecule has 0 saturated carbocycles. The predicted molar refractivity (Wildman–Crippen MR) is 76.0 cm³/mol. The molecule has 0 aromatic heterocycles. The van der Waals surface area contributed by atoms with Crippen molar-refractivity contribution in [2.24, 2.45) is 0 Å². The maximum Gasteiger partial charge on any atom is 0.251 e. The van der Waals surface area contributed by atoms with Gasteiger partial charge in [-0.15, -0.1) is 0 Å². The van der Waals surface area contributed by atoms with Crippen molar-refractivity contribution in [2.45, 2.75) is 13.3 Å². The first-order valence-electron chi connectivity index (χ1n) is 6.20. The van der Waals surface area contributed by atoms with Crippen LogP contribution in [0.15, 0.2) is 18.2 Å². The zero-order valence-electron chi connectivity index (χ0n) is 11.2. The summed E-state index contributed by atoms with van der Waals surface area (Å²) in [5, 5.41) is 8.32. The van der Waals surface area contributed by atoms with Gasteiger partial charge in [0.15, 0.2) is 0 Å². The van der Waals surface area contributed by atoms with Gasteiger partial charge in [-0.1, -0.05) is 0 Å². The second-order valence-corrected chi connectivity index (χ2v) is 4.01. The number of anilines is 2. The van der Waals surface area contributed by atoms with Crippen LogP contribution in [0.2, 0.25) is 0 Å². The fourth-order valence-corrected chi connectivity index (χ4v) is 1.61. The van der Waals surface area contributed by atoms with Crippen LogP contribution in [0.4, 0.5) is 11.4 Å². The standard InChI is InChI=1S/C13H20N4O2/c1-3-16-12(18)6-7-17-11-5-4-9(8-10(11)14)13(19)15-2/h4-5,8,17H,3,6-7,14H2,1-2H3,(H,15,19)(H,16,18). The fourth-order valence-electron chi connectivity index (χ4n) is 1.61. The smallest absolute Gasteiger partial charge is 0.251 e. The van der Waals surface area contributed by atoms with Crippen LogP contribution >= 0.6 is 0 Å². The van der Waals surface area contributed by atoms with Gasteiger partial charge >= 0.3 is 0 Å². The number of nitrogens with one attached hydrogen (secondary N) is 3. The minimum atomic E-state index is -0.180. The summed E-state index contributed by atoms with van der Waals surface area (Å²) in [6.45, 7) is 3.00. The van der Waals surface area contributed by atoms with Crippen LogP contribution in [-0.2, 0) is 4.79 Å². The molecular weight excluding hydrogens is 244 g/mol. The largest absolute Gasteiger partial charge is 0.397 e. The van der Waals surface area contributed by atoms with E-state index in [1.807, 2.05) is 6.92 Å². The summed E-state index contributed by atoms with van der Waals surface area (Å²) >= 11 is 0. The molecule has 1 aromatic carbocycles. The highest BCUT2D eigenvalue weighted by Gasteiger charge is 2.06. The zero-order chi connectivity index (χ0) is 14.3. The van der Waals surface area contributed by atoms with Crippen molar-refractivity contribution in [1.29, 1.82) is 0 Å². The van der Waals surface area contributed by atoms with E-state index in [2.05, 4.69) is 16.0 Å². The summed E-state index contributed by atoms with van der Waals surface area (Å²) < 4.78 is 0. The van der Waals surface area contributed by atoms with Crippen molar-refractivity contribution in [3.8, 4) is 0 Å². The van der Waals surface area contributed by atoms with Gasteiger partial charge in [-0.05, 0) is 25.1 Å². The third kappa shape index (κ3) is 4.50. The van der Waals surface area contributed by atoms with E-state index in [-0.39, 0.29) is 11.8 Å². The summed E-state index contributed by atoms with van der Waals surface area (Å²) in [7, 11) is 1.57. The van der Waals surface area contributed by atoms with E-state index in [0.29, 0.717) is 30.8 Å². The Kier molecular flexibility index (Phi) is 5.66. The number of hydrogen-bond acceptors (Lipinski definition) is 4. The molecule has 0 unspecified atom stereocenters. The predicted octanol–water partition coefficient (Wildman–Crippen LogP) is 0.566. The van der Waals surface area contributed by atoms with Gasteiger partial charge in [0.05, 0.1) is 11.4 Å². The summed E-state index contributed by atoms with van der Waals surface area (Å²) in [6.07, 6.45) is 0.379. The maximum atomic E-state index is 11.4. The van der Waals surface area contributed by atoms with Crippen LogP contribution in [0, 0.1) is 0 Å². The average Bonchev–Trinajstić information content (AvgIpc) is 2.40. The zero-order valence-corrected chi connectivity index (χ0v) is 11.2. The fraction of sp³-hybridized carbons (Fsp3) is 0.385. The van der Waals surface area contributed by atoms with Crippen molar-refractivity contribution < 1.29 is 9.59 Å². The molecule has 1 rings (SSSR count). The lowest BCUT2D eigenvalue weighted by Crippen LogP contribution is -2.24. The summed E-state index contributed by atoms with van der Waals surface area (Å²) in [4.78, 5) is 22.7. The Hall–Kier alpha value is -2.24. The van der Waals surface area contributed by atoms with Gasteiger partial charge in [-0.25, -0.2) is 0 Å². The average molecular weight is 264 g/mol. The lowest BCUT2D eigenvalue weighted by molar-refractivity contribution is -0.120. The molecule has 0 bridgehead atoms. The Bertz CT molecular complexity index is 460. The molecule has 104 valence electrons. The molecule has 5 N–H and O–H groups in total. The van der Waals surface area contributed by atoms with E-state index in [0.717, 1.165) is 5.69 Å². The van der Waals surface area contributed by atoms with Crippen LogP contribution in [0.25, 0.3) is 0 Å². The van der Waals surface area contributed by atoms with E-state index in [4.69, 9.17) is 5.73 Å². The van der Waals surface area contributed by atoms with Gasteiger partial charge in [0.25, 0.3) is 5.91 Å². The Morgan fingerprint density at radius 3 is 2.63 bits per heavy atom. The molecule has 6 heteroatoms. The Balaban J connectivity index is 2.56. The van der Waals surface area contributed by atoms with Gasteiger partial charge in [-0.3, -0.25) is 9.59 Å². The Morgan fingerprint density at radius 2 is 2.05 bits per heavy atom. The summed E-state index contributed by atoms with van der Waals surface area (Å²) in [5.74, 6) is -0.184. The number of carbonyl (C=O) groups excluding carboxylic acids is 2. The quantitative estimate of drug-likeness (QED) is 0.565. The van der Waals surface area contributed by atoms with Crippen LogP contribution in [0.5, 0.6) is 0 Å². The highest BCUT2D eigenvalue weighted by atomic mass is 16.2. The summed E-state index contributed by atoms with van der Waals surface area (Å²) in [6, 6.07) is 5.02. The Morgan fingerprint density at radius 1 is 1.32 bits per heavy atom. The number of rotatable bonds is 6. The number of benzene rings is 1. The lowest BCUT2D eigenvalue weighted by Gasteiger charge is -2.10. The van der Waals surface area contributed by atoms with Crippen molar-refractivity contribution in [2.75, 3.05) is 31.2 Å². The number of hydrogen-bond donors (Lipinski definition) is 4. The highest BCUT2D eigenvalue weighted by Crippen LogP contribution is 2.19. The minimum Gasteiger partial charge on any atom is -0.397 e. The normalized spacial score (nSPS) is 9.79. The van der Waals surface area contributed by atoms with Gasteiger partial charge in [0.2, 0.25) is 5.91 Å². The Labute approximate surface area is 112 Å². The van der Waals surface area contributed by atoms with E-state index < -0.39 is 0 Å². The van der Waals surface area contributed by atoms with Crippen molar-refractivity contribution in [3.05, 3.63) is 23.8 Å². The molecule has 0 aliphatic carbocycles. The van der Waals surface area contributed by atoms with E-state index in [9.17, 15) is 9.59 Å². The van der Waals surface area contributed by atoms with Gasteiger partial charge in [0, 0.05) is 32.1 Å². The third-order valence-electron chi connectivity index (χ3n) is 2.58. The molecule has 1 aromatic rings. The molecule has 2 amide bonds. The third-order valence-corrected chi connectivity index (χ3v) is 2.58. The van der Waals surface area contributed by atoms with E-state index >= 15 is 0 Å². The molecule has 0 aliphatic rings. The van der Waals surface area contributed by atoms with Crippen molar-refractivity contribution in [1.82, 2.24) is 10.6 Å². The van der Waals surface area contributed by atoms with Gasteiger partial charge in [0.1, 0.15) is 0 Å². The molecule has 0 saturated heterocycles. The molecule has 0 heterocycles. The van der Waals surface area contributed by atoms with Crippen molar-refractivity contribution in [3.63, 3.8) is 0 Å². The monoisotopic (exact) mass is 264 g/mol. The van der Waals surface area contributed by atoms with E-state index in [1.54, 1.807) is 25.2 Å². The van der Waals surface area contributed by atoms with Gasteiger partial charge < -0.3 is 21.7 Å². The van der Waals surface area contributed by atoms with E-state index in [1.165, 1.54) is 0 Å². The van der Waals surface area contributed by atoms with Gasteiger partial charge in [-0.2, -0.15) is 0 Å². The number of carbonyl (C=O) groups is 2. The SMILES string of the molecule is CCNC(=O)CCNc1ccc(C(=O)NC)cc1N. The molecule has 0 aliphatic heterocycles. The first kappa shape index (κ1) is 14.8. The second-order valence-electron chi connectivity index (χ2n) is 4.01. The van der Waals surface area contributed by atoms with Crippen LogP contribution < -0.4 is 21.7 Å². The molecule has 6 nitrogen and oxygen atoms in total. The van der Waals surface area contributed by atoms with Crippen molar-refractivity contribution >= 4 is 23.2 Å². The molecule has 19 heavy (non-hydrogen) atoms. The highest BCUT2D eigenvalue weighted by molar-refractivity contribution is 5.95. The second kappa shape index (κ2) is 7.25. The molecule has 0 fully saturated rings. The number of nitrogens with two attached hydrogens (primary N) is 1. The molecular formula is C13H20N4O2. The first-order chi connectivity index (χ1) is 9.08. The maximum absolute atomic E-state index is 11.4. The van der Waals surface area contributed by atoms with Crippen LogP contribution in [0.1, 0.15) is 23.7 Å². The first-order valence-corrected chi connectivity index (χ1v) is 6.20. The molecule has 0 spiro atoms. The topological polar surface area (TPSA) is 96.2 Å². The number of amides is 2.